The van der Waals surface area contributed by atoms with Crippen LogP contribution in [0.15, 0.2) is 47.6 Å². The molecular formula is C19H17Cl2N3O3. The molecule has 1 N–H and O–H groups in total. The SMILES string of the molecule is COc1ccc(N2CC(C(=O)NN=Cc3c(Cl)cccc3Cl)CC2=O)cc1. The molecular weight excluding hydrogens is 389 g/mol. The summed E-state index contributed by atoms with van der Waals surface area (Å²) in [7, 11) is 1.58. The highest BCUT2D eigenvalue weighted by molar-refractivity contribution is 6.38. The second kappa shape index (κ2) is 8.41. The number of amides is 2. The van der Waals surface area contributed by atoms with Gasteiger partial charge in [-0.05, 0) is 36.4 Å². The number of rotatable bonds is 5. The van der Waals surface area contributed by atoms with Crippen molar-refractivity contribution in [3.63, 3.8) is 0 Å². The number of carbonyl (C=O) groups is 2. The number of halogens is 2. The van der Waals surface area contributed by atoms with E-state index in [1.54, 1.807) is 54.5 Å². The highest BCUT2D eigenvalue weighted by Crippen LogP contribution is 2.27. The Labute approximate surface area is 166 Å². The average Bonchev–Trinajstić information content (AvgIpc) is 3.06. The number of benzene rings is 2. The van der Waals surface area contributed by atoms with Gasteiger partial charge < -0.3 is 9.64 Å². The maximum Gasteiger partial charge on any atom is 0.245 e. The Bertz CT molecular complexity index is 864. The van der Waals surface area contributed by atoms with Gasteiger partial charge in [-0.2, -0.15) is 5.10 Å². The zero-order valence-corrected chi connectivity index (χ0v) is 16.0. The molecule has 2 amide bonds. The predicted octanol–water partition coefficient (Wildman–Crippen LogP) is 3.51. The molecule has 1 aliphatic heterocycles. The third-order valence-corrected chi connectivity index (χ3v) is 4.91. The van der Waals surface area contributed by atoms with E-state index in [2.05, 4.69) is 10.5 Å². The average molecular weight is 406 g/mol. The van der Waals surface area contributed by atoms with Crippen LogP contribution in [-0.2, 0) is 9.59 Å². The zero-order valence-electron chi connectivity index (χ0n) is 14.5. The van der Waals surface area contributed by atoms with Crippen LogP contribution in [0.1, 0.15) is 12.0 Å². The van der Waals surface area contributed by atoms with E-state index in [0.29, 0.717) is 27.9 Å². The van der Waals surface area contributed by atoms with Gasteiger partial charge in [0.25, 0.3) is 0 Å². The summed E-state index contributed by atoms with van der Waals surface area (Å²) in [5.41, 5.74) is 3.69. The van der Waals surface area contributed by atoms with Gasteiger partial charge in [0.1, 0.15) is 5.75 Å². The molecule has 1 unspecified atom stereocenters. The van der Waals surface area contributed by atoms with Gasteiger partial charge in [0.15, 0.2) is 0 Å². The summed E-state index contributed by atoms with van der Waals surface area (Å²) < 4.78 is 5.11. The van der Waals surface area contributed by atoms with Crippen LogP contribution in [0.2, 0.25) is 10.0 Å². The topological polar surface area (TPSA) is 71.0 Å². The molecule has 1 atom stereocenters. The van der Waals surface area contributed by atoms with E-state index in [4.69, 9.17) is 27.9 Å². The molecule has 6 nitrogen and oxygen atoms in total. The quantitative estimate of drug-likeness (QED) is 0.610. The molecule has 0 bridgehead atoms. The Hall–Kier alpha value is -2.57. The summed E-state index contributed by atoms with van der Waals surface area (Å²) in [5, 5.41) is 4.78. The molecule has 1 saturated heterocycles. The fourth-order valence-corrected chi connectivity index (χ4v) is 3.28. The summed E-state index contributed by atoms with van der Waals surface area (Å²) in [6.07, 6.45) is 1.51. The lowest BCUT2D eigenvalue weighted by atomic mass is 10.1. The van der Waals surface area contributed by atoms with E-state index >= 15 is 0 Å². The minimum absolute atomic E-state index is 0.113. The molecule has 27 heavy (non-hydrogen) atoms. The van der Waals surface area contributed by atoms with Crippen LogP contribution in [0.5, 0.6) is 5.75 Å². The lowest BCUT2D eigenvalue weighted by molar-refractivity contribution is -0.126. The molecule has 0 aliphatic carbocycles. The van der Waals surface area contributed by atoms with Crippen LogP contribution in [0, 0.1) is 5.92 Å². The number of nitrogens with one attached hydrogen (secondary N) is 1. The maximum atomic E-state index is 12.3. The lowest BCUT2D eigenvalue weighted by Gasteiger charge is -2.16. The third kappa shape index (κ3) is 4.40. The number of hydrogen-bond acceptors (Lipinski definition) is 4. The maximum absolute atomic E-state index is 12.3. The highest BCUT2D eigenvalue weighted by atomic mass is 35.5. The first-order valence-electron chi connectivity index (χ1n) is 8.21. The van der Waals surface area contributed by atoms with Crippen molar-refractivity contribution in [1.82, 2.24) is 5.43 Å². The van der Waals surface area contributed by atoms with Crippen molar-refractivity contribution in [3.05, 3.63) is 58.1 Å². The van der Waals surface area contributed by atoms with E-state index in [-0.39, 0.29) is 18.2 Å². The van der Waals surface area contributed by atoms with Gasteiger partial charge in [0, 0.05) is 24.2 Å². The van der Waals surface area contributed by atoms with Crippen LogP contribution in [0.4, 0.5) is 5.69 Å². The molecule has 1 fully saturated rings. The standard InChI is InChI=1S/C19H17Cl2N3O3/c1-27-14-7-5-13(6-8-14)24-11-12(9-18(24)25)19(26)23-22-10-15-16(20)3-2-4-17(15)21/h2-8,10,12H,9,11H2,1H3,(H,23,26). The third-order valence-electron chi connectivity index (χ3n) is 4.25. The molecule has 0 spiro atoms. The van der Waals surface area contributed by atoms with E-state index < -0.39 is 5.92 Å². The summed E-state index contributed by atoms with van der Waals surface area (Å²) in [5.74, 6) is -0.233. The molecule has 1 aliphatic rings. The number of carbonyl (C=O) groups excluding carboxylic acids is 2. The van der Waals surface area contributed by atoms with Crippen molar-refractivity contribution in [2.24, 2.45) is 11.0 Å². The summed E-state index contributed by atoms with van der Waals surface area (Å²) in [6.45, 7) is 0.291. The number of hydrazone groups is 1. The molecule has 0 radical (unpaired) electrons. The van der Waals surface area contributed by atoms with Gasteiger partial charge in [-0.3, -0.25) is 9.59 Å². The monoisotopic (exact) mass is 405 g/mol. The Morgan fingerprint density at radius 2 is 1.89 bits per heavy atom. The Kier molecular flexibility index (Phi) is 5.98. The van der Waals surface area contributed by atoms with E-state index in [1.165, 1.54) is 6.21 Å². The fraction of sp³-hybridized carbons (Fsp3) is 0.211. The van der Waals surface area contributed by atoms with E-state index in [9.17, 15) is 9.59 Å². The number of ether oxygens (including phenoxy) is 1. The Morgan fingerprint density at radius 3 is 2.52 bits per heavy atom. The van der Waals surface area contributed by atoms with Crippen molar-refractivity contribution >= 4 is 46.9 Å². The molecule has 0 saturated carbocycles. The second-order valence-electron chi connectivity index (χ2n) is 5.97. The molecule has 2 aromatic carbocycles. The van der Waals surface area contributed by atoms with Crippen molar-refractivity contribution < 1.29 is 14.3 Å². The molecule has 2 aromatic rings. The zero-order chi connectivity index (χ0) is 19.4. The first kappa shape index (κ1) is 19.2. The Morgan fingerprint density at radius 1 is 1.22 bits per heavy atom. The Balaban J connectivity index is 1.62. The minimum Gasteiger partial charge on any atom is -0.497 e. The first-order chi connectivity index (χ1) is 13.0. The van der Waals surface area contributed by atoms with E-state index in [0.717, 1.165) is 5.69 Å². The van der Waals surface area contributed by atoms with Crippen molar-refractivity contribution in [2.45, 2.75) is 6.42 Å². The van der Waals surface area contributed by atoms with Crippen LogP contribution in [0.3, 0.4) is 0 Å². The molecule has 140 valence electrons. The van der Waals surface area contributed by atoms with Gasteiger partial charge in [0.2, 0.25) is 11.8 Å². The van der Waals surface area contributed by atoms with E-state index in [1.807, 2.05) is 0 Å². The minimum atomic E-state index is -0.488. The number of methoxy groups -OCH3 is 1. The van der Waals surface area contributed by atoms with Gasteiger partial charge in [-0.15, -0.1) is 0 Å². The van der Waals surface area contributed by atoms with Gasteiger partial charge in [0.05, 0.1) is 29.3 Å². The number of nitrogens with zero attached hydrogens (tertiary/aromatic N) is 2. The molecule has 0 aromatic heterocycles. The summed E-state index contributed by atoms with van der Waals surface area (Å²) >= 11 is 12.1. The fourth-order valence-electron chi connectivity index (χ4n) is 2.78. The second-order valence-corrected chi connectivity index (χ2v) is 6.79. The van der Waals surface area contributed by atoms with Gasteiger partial charge >= 0.3 is 0 Å². The van der Waals surface area contributed by atoms with Crippen molar-refractivity contribution in [3.8, 4) is 5.75 Å². The first-order valence-corrected chi connectivity index (χ1v) is 8.96. The molecule has 3 rings (SSSR count). The number of hydrogen-bond donors (Lipinski definition) is 1. The summed E-state index contributed by atoms with van der Waals surface area (Å²) in [6, 6.07) is 12.2. The predicted molar refractivity (Wildman–Crippen MR) is 106 cm³/mol. The summed E-state index contributed by atoms with van der Waals surface area (Å²) in [4.78, 5) is 26.2. The van der Waals surface area contributed by atoms with Gasteiger partial charge in [-0.1, -0.05) is 29.3 Å². The largest absolute Gasteiger partial charge is 0.497 e. The normalized spacial score (nSPS) is 16.8. The number of anilines is 1. The van der Waals surface area contributed by atoms with Crippen LogP contribution < -0.4 is 15.1 Å². The van der Waals surface area contributed by atoms with Crippen molar-refractivity contribution in [2.75, 3.05) is 18.6 Å². The molecule has 8 heteroatoms. The van der Waals surface area contributed by atoms with Crippen LogP contribution in [0.25, 0.3) is 0 Å². The van der Waals surface area contributed by atoms with Crippen LogP contribution in [-0.4, -0.2) is 31.7 Å². The van der Waals surface area contributed by atoms with Crippen molar-refractivity contribution in [1.29, 1.82) is 0 Å². The lowest BCUT2D eigenvalue weighted by Crippen LogP contribution is -2.30. The highest BCUT2D eigenvalue weighted by Gasteiger charge is 2.35. The van der Waals surface area contributed by atoms with Gasteiger partial charge in [-0.25, -0.2) is 5.43 Å². The smallest absolute Gasteiger partial charge is 0.245 e. The molecule has 1 heterocycles. The van der Waals surface area contributed by atoms with Crippen LogP contribution >= 0.6 is 23.2 Å².